The molecule has 1 spiro atoms. The molecule has 0 bridgehead atoms. The summed E-state index contributed by atoms with van der Waals surface area (Å²) in [7, 11) is 0. The Morgan fingerprint density at radius 3 is 2.42 bits per heavy atom. The van der Waals surface area contributed by atoms with Gasteiger partial charge in [-0.25, -0.2) is 19.6 Å². The molecule has 0 saturated carbocycles. The van der Waals surface area contributed by atoms with Crippen LogP contribution in [0.25, 0.3) is 0 Å². The highest BCUT2D eigenvalue weighted by Crippen LogP contribution is 2.24. The molecule has 2 fully saturated rings. The summed E-state index contributed by atoms with van der Waals surface area (Å²) in [6, 6.07) is 5.67. The van der Waals surface area contributed by atoms with Crippen molar-refractivity contribution in [3.63, 3.8) is 0 Å². The minimum atomic E-state index is -0.364. The summed E-state index contributed by atoms with van der Waals surface area (Å²) in [5.74, 6) is -0.310. The van der Waals surface area contributed by atoms with Crippen molar-refractivity contribution in [1.82, 2.24) is 16.1 Å². The molecule has 2 aliphatic heterocycles. The molecule has 0 aromatic heterocycles. The van der Waals surface area contributed by atoms with Crippen molar-refractivity contribution in [3.05, 3.63) is 30.1 Å². The van der Waals surface area contributed by atoms with Crippen LogP contribution in [0.1, 0.15) is 12.8 Å². The summed E-state index contributed by atoms with van der Waals surface area (Å²) < 4.78 is 12.9. The first-order valence-corrected chi connectivity index (χ1v) is 6.05. The fourth-order valence-corrected chi connectivity index (χ4v) is 2.42. The molecular formula is C12H16ClFN4O. The number of carbonyl (C=O) groups excluding carboxylic acids is 1. The maximum Gasteiger partial charge on any atom is 0.338 e. The monoisotopic (exact) mass is 286 g/mol. The molecule has 0 atom stereocenters. The Hall–Kier alpha value is -1.37. The Labute approximate surface area is 116 Å². The number of hydrazine groups is 1. The van der Waals surface area contributed by atoms with E-state index in [2.05, 4.69) is 16.1 Å². The van der Waals surface area contributed by atoms with Crippen LogP contribution in [0.5, 0.6) is 0 Å². The number of benzene rings is 1. The van der Waals surface area contributed by atoms with E-state index in [1.54, 1.807) is 12.1 Å². The highest BCUT2D eigenvalue weighted by Gasteiger charge is 2.43. The highest BCUT2D eigenvalue weighted by molar-refractivity contribution is 5.93. The van der Waals surface area contributed by atoms with Crippen molar-refractivity contribution in [2.45, 2.75) is 18.5 Å². The van der Waals surface area contributed by atoms with Crippen molar-refractivity contribution in [2.75, 3.05) is 18.1 Å². The lowest BCUT2D eigenvalue weighted by Gasteiger charge is -2.33. The van der Waals surface area contributed by atoms with Crippen LogP contribution in [-0.2, 0) is 0 Å². The average Bonchev–Trinajstić information content (AvgIpc) is 2.68. The van der Waals surface area contributed by atoms with E-state index in [0.29, 0.717) is 5.69 Å². The highest BCUT2D eigenvalue weighted by atomic mass is 35.5. The van der Waals surface area contributed by atoms with Crippen LogP contribution < -0.4 is 21.1 Å². The van der Waals surface area contributed by atoms with Crippen LogP contribution in [-0.4, -0.2) is 24.8 Å². The maximum absolute atomic E-state index is 12.9. The van der Waals surface area contributed by atoms with Crippen LogP contribution in [0.3, 0.4) is 0 Å². The van der Waals surface area contributed by atoms with E-state index in [1.165, 1.54) is 17.1 Å². The van der Waals surface area contributed by atoms with Gasteiger partial charge < -0.3 is 10.6 Å². The van der Waals surface area contributed by atoms with E-state index >= 15 is 0 Å². The molecule has 0 aliphatic carbocycles. The van der Waals surface area contributed by atoms with Crippen molar-refractivity contribution in [3.8, 4) is 0 Å². The predicted octanol–water partition coefficient (Wildman–Crippen LogP) is 1.36. The third-order valence-corrected chi connectivity index (χ3v) is 3.42. The summed E-state index contributed by atoms with van der Waals surface area (Å²) in [6.45, 7) is 1.73. The standard InChI is InChI=1S/C12H15FN4O.ClH/c13-9-1-3-10(4-2-9)17-11(18)15-12(16-17)5-7-14-8-6-12;/h1-4,14,16H,5-8H2,(H,15,18);1H. The van der Waals surface area contributed by atoms with Gasteiger partial charge in [-0.2, -0.15) is 0 Å². The van der Waals surface area contributed by atoms with E-state index in [1.807, 2.05) is 0 Å². The Kier molecular flexibility index (Phi) is 3.93. The number of hydrogen-bond acceptors (Lipinski definition) is 3. The molecule has 104 valence electrons. The molecule has 2 saturated heterocycles. The maximum atomic E-state index is 12.9. The first-order chi connectivity index (χ1) is 8.69. The van der Waals surface area contributed by atoms with Crippen molar-refractivity contribution < 1.29 is 9.18 Å². The number of rotatable bonds is 1. The molecule has 1 aromatic carbocycles. The van der Waals surface area contributed by atoms with Crippen LogP contribution in [0.15, 0.2) is 24.3 Å². The average molecular weight is 287 g/mol. The van der Waals surface area contributed by atoms with Crippen LogP contribution in [0, 0.1) is 5.82 Å². The summed E-state index contributed by atoms with van der Waals surface area (Å²) in [5.41, 5.74) is 3.48. The van der Waals surface area contributed by atoms with Gasteiger partial charge in [0.15, 0.2) is 0 Å². The molecule has 3 rings (SSSR count). The number of piperidine rings is 1. The van der Waals surface area contributed by atoms with E-state index in [-0.39, 0.29) is 29.9 Å². The van der Waals surface area contributed by atoms with Gasteiger partial charge in [-0.1, -0.05) is 0 Å². The Morgan fingerprint density at radius 2 is 1.79 bits per heavy atom. The minimum Gasteiger partial charge on any atom is -0.317 e. The van der Waals surface area contributed by atoms with E-state index in [9.17, 15) is 9.18 Å². The Bertz CT molecular complexity index is 461. The zero-order valence-corrected chi connectivity index (χ0v) is 11.1. The molecule has 3 N–H and O–H groups in total. The minimum absolute atomic E-state index is 0. The molecule has 1 aromatic rings. The van der Waals surface area contributed by atoms with Crippen LogP contribution in [0.2, 0.25) is 0 Å². The smallest absolute Gasteiger partial charge is 0.317 e. The molecule has 0 unspecified atom stereocenters. The molecule has 2 aliphatic rings. The largest absolute Gasteiger partial charge is 0.338 e. The van der Waals surface area contributed by atoms with Gasteiger partial charge in [-0.3, -0.25) is 0 Å². The Morgan fingerprint density at radius 1 is 1.16 bits per heavy atom. The summed E-state index contributed by atoms with van der Waals surface area (Å²) >= 11 is 0. The van der Waals surface area contributed by atoms with Gasteiger partial charge in [0.05, 0.1) is 5.69 Å². The SMILES string of the molecule is Cl.O=C1NC2(CCNCC2)NN1c1ccc(F)cc1. The fraction of sp³-hybridized carbons (Fsp3) is 0.417. The number of carbonyl (C=O) groups is 1. The molecule has 19 heavy (non-hydrogen) atoms. The number of nitrogens with one attached hydrogen (secondary N) is 3. The second kappa shape index (κ2) is 5.32. The molecule has 2 amide bonds. The fourth-order valence-electron chi connectivity index (χ4n) is 2.42. The number of nitrogens with zero attached hydrogens (tertiary/aromatic N) is 1. The molecule has 7 heteroatoms. The van der Waals surface area contributed by atoms with Gasteiger partial charge in [-0.15, -0.1) is 12.4 Å². The number of urea groups is 1. The van der Waals surface area contributed by atoms with Crippen molar-refractivity contribution >= 4 is 24.1 Å². The third-order valence-electron chi connectivity index (χ3n) is 3.42. The predicted molar refractivity (Wildman–Crippen MR) is 72.6 cm³/mol. The van der Waals surface area contributed by atoms with Gasteiger partial charge in [0.25, 0.3) is 0 Å². The number of anilines is 1. The number of hydrogen-bond donors (Lipinski definition) is 3. The second-order valence-electron chi connectivity index (χ2n) is 4.69. The second-order valence-corrected chi connectivity index (χ2v) is 4.69. The van der Waals surface area contributed by atoms with Gasteiger partial charge in [0.1, 0.15) is 11.5 Å². The zero-order chi connectivity index (χ0) is 12.6. The summed E-state index contributed by atoms with van der Waals surface area (Å²) in [4.78, 5) is 12.0. The first kappa shape index (κ1) is 14.0. The first-order valence-electron chi connectivity index (χ1n) is 6.05. The van der Waals surface area contributed by atoms with Crippen molar-refractivity contribution in [1.29, 1.82) is 0 Å². The normalized spacial score (nSPS) is 21.1. The van der Waals surface area contributed by atoms with Gasteiger partial charge in [0, 0.05) is 0 Å². The van der Waals surface area contributed by atoms with Crippen molar-refractivity contribution in [2.24, 2.45) is 0 Å². The van der Waals surface area contributed by atoms with E-state index < -0.39 is 0 Å². The van der Waals surface area contributed by atoms with Crippen LogP contribution >= 0.6 is 12.4 Å². The van der Waals surface area contributed by atoms with E-state index in [4.69, 9.17) is 0 Å². The summed E-state index contributed by atoms with van der Waals surface area (Å²) in [5, 5.41) is 7.68. The number of halogens is 2. The summed E-state index contributed by atoms with van der Waals surface area (Å²) in [6.07, 6.45) is 1.66. The zero-order valence-electron chi connectivity index (χ0n) is 10.3. The molecule has 5 nitrogen and oxygen atoms in total. The van der Waals surface area contributed by atoms with Crippen LogP contribution in [0.4, 0.5) is 14.9 Å². The lowest BCUT2D eigenvalue weighted by atomic mass is 10.00. The lowest BCUT2D eigenvalue weighted by Crippen LogP contribution is -2.57. The Balaban J connectivity index is 0.00000133. The van der Waals surface area contributed by atoms with E-state index in [0.717, 1.165) is 25.9 Å². The third kappa shape index (κ3) is 2.65. The topological polar surface area (TPSA) is 56.4 Å². The molecule has 2 heterocycles. The van der Waals surface area contributed by atoms with Gasteiger partial charge >= 0.3 is 6.03 Å². The quantitative estimate of drug-likeness (QED) is 0.731. The lowest BCUT2D eigenvalue weighted by molar-refractivity contribution is 0.229. The number of amides is 2. The van der Waals surface area contributed by atoms with Gasteiger partial charge in [-0.05, 0) is 50.2 Å². The van der Waals surface area contributed by atoms with Gasteiger partial charge in [0.2, 0.25) is 0 Å². The molecular weight excluding hydrogens is 271 g/mol. The molecule has 0 radical (unpaired) electrons.